The Morgan fingerprint density at radius 1 is 1.31 bits per heavy atom. The average molecular weight is 218 g/mol. The van der Waals surface area contributed by atoms with Gasteiger partial charge < -0.3 is 11.5 Å². The van der Waals surface area contributed by atoms with Gasteiger partial charge in [-0.2, -0.15) is 0 Å². The Balaban J connectivity index is 3.26. The van der Waals surface area contributed by atoms with Crippen molar-refractivity contribution >= 4 is 34.8 Å². The van der Waals surface area contributed by atoms with Crippen LogP contribution in [-0.2, 0) is 0 Å². The fraction of sp³-hybridized carbons (Fsp3) is 0.125. The summed E-state index contributed by atoms with van der Waals surface area (Å²) >= 11 is 11.7. The summed E-state index contributed by atoms with van der Waals surface area (Å²) in [5.74, 6) is 0.00138. The van der Waals surface area contributed by atoms with Gasteiger partial charge in [-0.05, 0) is 24.6 Å². The summed E-state index contributed by atoms with van der Waals surface area (Å²) in [6, 6.07) is 3.36. The summed E-state index contributed by atoms with van der Waals surface area (Å²) in [7, 11) is 0. The van der Waals surface area contributed by atoms with Crippen LogP contribution in [0.2, 0.25) is 10.0 Å². The molecular weight excluding hydrogens is 209 g/mol. The Labute approximate surface area is 86.3 Å². The summed E-state index contributed by atoms with van der Waals surface area (Å²) in [5.41, 5.74) is 11.9. The number of guanidine groups is 1. The second-order valence-corrected chi connectivity index (χ2v) is 3.33. The smallest absolute Gasteiger partial charge is 0.191 e. The highest BCUT2D eigenvalue weighted by Gasteiger charge is 2.05. The minimum absolute atomic E-state index is 0.00138. The van der Waals surface area contributed by atoms with Gasteiger partial charge in [0.1, 0.15) is 0 Å². The zero-order valence-corrected chi connectivity index (χ0v) is 8.52. The number of hydrogen-bond acceptors (Lipinski definition) is 1. The first-order valence-electron chi connectivity index (χ1n) is 3.56. The standard InChI is InChI=1S/C8H9Cl2N3/c1-4-6(13-8(11)12)3-2-5(9)7(4)10/h2-3H,1H3,(H4,11,12,13). The first-order valence-corrected chi connectivity index (χ1v) is 4.32. The lowest BCUT2D eigenvalue weighted by Crippen LogP contribution is -2.22. The third kappa shape index (κ3) is 2.26. The van der Waals surface area contributed by atoms with E-state index >= 15 is 0 Å². The fourth-order valence-electron chi connectivity index (χ4n) is 0.902. The maximum atomic E-state index is 5.88. The molecule has 0 saturated carbocycles. The Morgan fingerprint density at radius 3 is 2.46 bits per heavy atom. The fourth-order valence-corrected chi connectivity index (χ4v) is 1.27. The predicted octanol–water partition coefficient (Wildman–Crippen LogP) is 2.21. The molecule has 5 heteroatoms. The summed E-state index contributed by atoms with van der Waals surface area (Å²) < 4.78 is 0. The molecule has 0 bridgehead atoms. The van der Waals surface area contributed by atoms with Crippen molar-refractivity contribution in [2.45, 2.75) is 6.92 Å². The summed E-state index contributed by atoms with van der Waals surface area (Å²) in [5, 5.41) is 0.970. The highest BCUT2D eigenvalue weighted by molar-refractivity contribution is 6.42. The van der Waals surface area contributed by atoms with Crippen LogP contribution in [0.15, 0.2) is 17.1 Å². The van der Waals surface area contributed by atoms with Crippen molar-refractivity contribution in [2.75, 3.05) is 0 Å². The Bertz CT molecular complexity index is 357. The zero-order chi connectivity index (χ0) is 10.0. The molecule has 13 heavy (non-hydrogen) atoms. The SMILES string of the molecule is Cc1c(N=C(N)N)ccc(Cl)c1Cl. The molecule has 4 N–H and O–H groups in total. The number of benzene rings is 1. The first-order chi connectivity index (χ1) is 6.02. The van der Waals surface area contributed by atoms with Crippen LogP contribution < -0.4 is 11.5 Å². The second-order valence-electron chi connectivity index (χ2n) is 2.54. The summed E-state index contributed by atoms with van der Waals surface area (Å²) in [4.78, 5) is 3.89. The summed E-state index contributed by atoms with van der Waals surface area (Å²) in [6.07, 6.45) is 0. The van der Waals surface area contributed by atoms with Crippen molar-refractivity contribution < 1.29 is 0 Å². The molecule has 1 aromatic rings. The highest BCUT2D eigenvalue weighted by atomic mass is 35.5. The second kappa shape index (κ2) is 3.85. The molecule has 0 aliphatic carbocycles. The van der Waals surface area contributed by atoms with E-state index in [9.17, 15) is 0 Å². The van der Waals surface area contributed by atoms with Crippen LogP contribution in [0.5, 0.6) is 0 Å². The number of aliphatic imine (C=N–C) groups is 1. The molecule has 0 unspecified atom stereocenters. The van der Waals surface area contributed by atoms with Crippen molar-refractivity contribution in [3.8, 4) is 0 Å². The van der Waals surface area contributed by atoms with Gasteiger partial charge in [-0.25, -0.2) is 4.99 Å². The van der Waals surface area contributed by atoms with E-state index in [1.165, 1.54) is 0 Å². The van der Waals surface area contributed by atoms with E-state index < -0.39 is 0 Å². The van der Waals surface area contributed by atoms with Crippen LogP contribution in [0.3, 0.4) is 0 Å². The molecule has 0 radical (unpaired) electrons. The lowest BCUT2D eigenvalue weighted by molar-refractivity contribution is 1.36. The monoisotopic (exact) mass is 217 g/mol. The van der Waals surface area contributed by atoms with Crippen molar-refractivity contribution in [3.63, 3.8) is 0 Å². The van der Waals surface area contributed by atoms with Crippen LogP contribution in [0.4, 0.5) is 5.69 Å². The Hall–Kier alpha value is -0.930. The van der Waals surface area contributed by atoms with Crippen molar-refractivity contribution in [1.29, 1.82) is 0 Å². The molecule has 0 amide bonds. The van der Waals surface area contributed by atoms with Gasteiger partial charge in [0.05, 0.1) is 15.7 Å². The maximum absolute atomic E-state index is 5.88. The van der Waals surface area contributed by atoms with Gasteiger partial charge in [-0.15, -0.1) is 0 Å². The van der Waals surface area contributed by atoms with E-state index in [0.717, 1.165) is 5.56 Å². The van der Waals surface area contributed by atoms with Gasteiger partial charge in [0.15, 0.2) is 5.96 Å². The van der Waals surface area contributed by atoms with Gasteiger partial charge >= 0.3 is 0 Å². The highest BCUT2D eigenvalue weighted by Crippen LogP contribution is 2.31. The summed E-state index contributed by atoms with van der Waals surface area (Å²) in [6.45, 7) is 1.80. The van der Waals surface area contributed by atoms with Gasteiger partial charge in [0.2, 0.25) is 0 Å². The van der Waals surface area contributed by atoms with E-state index in [-0.39, 0.29) is 5.96 Å². The van der Waals surface area contributed by atoms with Gasteiger partial charge in [0, 0.05) is 0 Å². The molecule has 0 spiro atoms. The molecule has 3 nitrogen and oxygen atoms in total. The predicted molar refractivity (Wildman–Crippen MR) is 56.7 cm³/mol. The lowest BCUT2D eigenvalue weighted by Gasteiger charge is -2.04. The quantitative estimate of drug-likeness (QED) is 0.560. The number of rotatable bonds is 1. The van der Waals surface area contributed by atoms with Crippen LogP contribution in [0, 0.1) is 6.92 Å². The molecule has 1 rings (SSSR count). The molecule has 0 aliphatic heterocycles. The van der Waals surface area contributed by atoms with E-state index in [2.05, 4.69) is 4.99 Å². The minimum Gasteiger partial charge on any atom is -0.370 e. The molecule has 0 saturated heterocycles. The molecule has 0 atom stereocenters. The van der Waals surface area contributed by atoms with Gasteiger partial charge in [0.25, 0.3) is 0 Å². The molecule has 70 valence electrons. The van der Waals surface area contributed by atoms with Crippen molar-refractivity contribution in [1.82, 2.24) is 0 Å². The number of nitrogens with zero attached hydrogens (tertiary/aromatic N) is 1. The topological polar surface area (TPSA) is 64.4 Å². The molecule has 0 aromatic heterocycles. The number of halogens is 2. The maximum Gasteiger partial charge on any atom is 0.191 e. The van der Waals surface area contributed by atoms with E-state index in [0.29, 0.717) is 15.7 Å². The average Bonchev–Trinajstić information content (AvgIpc) is 2.06. The largest absolute Gasteiger partial charge is 0.370 e. The molecule has 0 aliphatic rings. The Morgan fingerprint density at radius 2 is 1.92 bits per heavy atom. The minimum atomic E-state index is 0.00138. The van der Waals surface area contributed by atoms with E-state index in [1.54, 1.807) is 19.1 Å². The molecule has 1 aromatic carbocycles. The van der Waals surface area contributed by atoms with Gasteiger partial charge in [-0.3, -0.25) is 0 Å². The number of hydrogen-bond donors (Lipinski definition) is 2. The van der Waals surface area contributed by atoms with Crippen molar-refractivity contribution in [2.24, 2.45) is 16.5 Å². The normalized spacial score (nSPS) is 9.77. The zero-order valence-electron chi connectivity index (χ0n) is 7.01. The third-order valence-corrected chi connectivity index (χ3v) is 2.46. The van der Waals surface area contributed by atoms with E-state index in [4.69, 9.17) is 34.7 Å². The Kier molecular flexibility index (Phi) is 3.01. The van der Waals surface area contributed by atoms with Gasteiger partial charge in [-0.1, -0.05) is 23.2 Å². The van der Waals surface area contributed by atoms with Crippen LogP contribution in [0.1, 0.15) is 5.56 Å². The third-order valence-electron chi connectivity index (χ3n) is 1.56. The molecule has 0 fully saturated rings. The lowest BCUT2D eigenvalue weighted by atomic mass is 10.2. The van der Waals surface area contributed by atoms with Crippen molar-refractivity contribution in [3.05, 3.63) is 27.7 Å². The van der Waals surface area contributed by atoms with E-state index in [1.807, 2.05) is 0 Å². The van der Waals surface area contributed by atoms with Crippen LogP contribution in [-0.4, -0.2) is 5.96 Å². The van der Waals surface area contributed by atoms with Crippen LogP contribution >= 0.6 is 23.2 Å². The molecular formula is C8H9Cl2N3. The van der Waals surface area contributed by atoms with Crippen LogP contribution in [0.25, 0.3) is 0 Å². The molecule has 0 heterocycles. The number of nitrogens with two attached hydrogens (primary N) is 2. The first kappa shape index (κ1) is 10.2.